The Balaban J connectivity index is 1.67. The number of anilines is 1. The second-order valence-corrected chi connectivity index (χ2v) is 6.29. The minimum absolute atomic E-state index is 0.562. The monoisotopic (exact) mass is 363 g/mol. The molecule has 7 heteroatoms. The highest BCUT2D eigenvalue weighted by Crippen LogP contribution is 2.20. The van der Waals surface area contributed by atoms with Gasteiger partial charge in [-0.2, -0.15) is 0 Å². The van der Waals surface area contributed by atoms with Crippen LogP contribution in [0.5, 0.6) is 0 Å². The molecule has 0 spiro atoms. The Morgan fingerprint density at radius 1 is 1.15 bits per heavy atom. The van der Waals surface area contributed by atoms with Crippen LogP contribution < -0.4 is 10.4 Å². The van der Waals surface area contributed by atoms with Crippen LogP contribution in [0, 0.1) is 0 Å². The Morgan fingerprint density at radius 2 is 1.85 bits per heavy atom. The Morgan fingerprint density at radius 3 is 2.48 bits per heavy atom. The number of hydrogen-bond acceptors (Lipinski definition) is 5. The molecular formula is C20H21N5O2. The van der Waals surface area contributed by atoms with Gasteiger partial charge in [0.2, 0.25) is 0 Å². The summed E-state index contributed by atoms with van der Waals surface area (Å²) in [6.45, 7) is 0.601. The van der Waals surface area contributed by atoms with Gasteiger partial charge in [0, 0.05) is 31.4 Å². The first kappa shape index (κ1) is 18.3. The van der Waals surface area contributed by atoms with Gasteiger partial charge in [-0.15, -0.1) is 5.10 Å². The fourth-order valence-electron chi connectivity index (χ4n) is 2.57. The van der Waals surface area contributed by atoms with E-state index in [1.807, 2.05) is 56.7 Å². The van der Waals surface area contributed by atoms with Crippen molar-refractivity contribution in [2.45, 2.75) is 6.54 Å². The fraction of sp³-hybridized carbons (Fsp3) is 0.150. The van der Waals surface area contributed by atoms with Crippen molar-refractivity contribution in [1.82, 2.24) is 20.5 Å². The summed E-state index contributed by atoms with van der Waals surface area (Å²) < 4.78 is 1.79. The lowest BCUT2D eigenvalue weighted by atomic mass is 10.1. The molecule has 1 amide bonds. The number of nitrogens with one attached hydrogen (secondary N) is 1. The SMILES string of the molecule is CN(C)c1ccc(-c2cn(Cc3ccc(C=CC(=O)NO)cc3)nn2)cc1. The van der Waals surface area contributed by atoms with E-state index in [2.05, 4.69) is 27.3 Å². The average Bonchev–Trinajstić information content (AvgIpc) is 3.15. The standard InChI is InChI=1S/C20H21N5O2/c1-24(2)18-10-8-17(9-11-18)19-14-25(23-21-19)13-16-5-3-15(4-6-16)7-12-20(26)22-27/h3-12,14,27H,13H2,1-2H3,(H,22,26). The van der Waals surface area contributed by atoms with Gasteiger partial charge in [-0.1, -0.05) is 41.6 Å². The molecule has 3 rings (SSSR count). The van der Waals surface area contributed by atoms with Gasteiger partial charge < -0.3 is 4.90 Å². The zero-order valence-electron chi connectivity index (χ0n) is 15.2. The summed E-state index contributed by atoms with van der Waals surface area (Å²) >= 11 is 0. The molecule has 138 valence electrons. The van der Waals surface area contributed by atoms with Crippen molar-refractivity contribution in [2.24, 2.45) is 0 Å². The summed E-state index contributed by atoms with van der Waals surface area (Å²) in [5, 5.41) is 16.9. The quantitative estimate of drug-likeness (QED) is 0.400. The number of benzene rings is 2. The van der Waals surface area contributed by atoms with Crippen LogP contribution in [0.4, 0.5) is 5.69 Å². The van der Waals surface area contributed by atoms with Crippen molar-refractivity contribution < 1.29 is 10.0 Å². The summed E-state index contributed by atoms with van der Waals surface area (Å²) in [7, 11) is 4.02. The molecule has 0 aliphatic rings. The van der Waals surface area contributed by atoms with Gasteiger partial charge in [0.15, 0.2) is 0 Å². The van der Waals surface area contributed by atoms with Crippen molar-refractivity contribution in [2.75, 3.05) is 19.0 Å². The van der Waals surface area contributed by atoms with Crippen molar-refractivity contribution in [1.29, 1.82) is 0 Å². The first-order valence-electron chi connectivity index (χ1n) is 8.44. The maximum atomic E-state index is 11.0. The highest BCUT2D eigenvalue weighted by Gasteiger charge is 2.05. The third kappa shape index (κ3) is 4.80. The third-order valence-corrected chi connectivity index (χ3v) is 4.08. The van der Waals surface area contributed by atoms with Gasteiger partial charge in [0.25, 0.3) is 5.91 Å². The van der Waals surface area contributed by atoms with Crippen LogP contribution in [0.15, 0.2) is 60.8 Å². The van der Waals surface area contributed by atoms with Crippen LogP contribution in [0.1, 0.15) is 11.1 Å². The Bertz CT molecular complexity index is 928. The second kappa shape index (κ2) is 8.29. The second-order valence-electron chi connectivity index (χ2n) is 6.29. The predicted octanol–water partition coefficient (Wildman–Crippen LogP) is 2.58. The summed E-state index contributed by atoms with van der Waals surface area (Å²) in [6, 6.07) is 15.9. The number of aromatic nitrogens is 3. The first-order chi connectivity index (χ1) is 13.0. The fourth-order valence-corrected chi connectivity index (χ4v) is 2.57. The molecule has 7 nitrogen and oxygen atoms in total. The maximum Gasteiger partial charge on any atom is 0.267 e. The number of hydrogen-bond donors (Lipinski definition) is 2. The van der Waals surface area contributed by atoms with Gasteiger partial charge >= 0.3 is 0 Å². The lowest BCUT2D eigenvalue weighted by Gasteiger charge is -2.11. The van der Waals surface area contributed by atoms with E-state index in [4.69, 9.17) is 5.21 Å². The van der Waals surface area contributed by atoms with Crippen molar-refractivity contribution in [3.05, 3.63) is 71.9 Å². The van der Waals surface area contributed by atoms with Gasteiger partial charge in [-0.3, -0.25) is 10.0 Å². The number of rotatable bonds is 6. The summed E-state index contributed by atoms with van der Waals surface area (Å²) in [4.78, 5) is 13.0. The van der Waals surface area contributed by atoms with E-state index in [1.165, 1.54) is 6.08 Å². The summed E-state index contributed by atoms with van der Waals surface area (Å²) in [5.41, 5.74) is 6.48. The minimum atomic E-state index is -0.562. The van der Waals surface area contributed by atoms with Crippen LogP contribution in [0.25, 0.3) is 17.3 Å². The molecule has 0 unspecified atom stereocenters. The Labute approximate surface area is 157 Å². The lowest BCUT2D eigenvalue weighted by Crippen LogP contribution is -2.14. The molecule has 1 heterocycles. The van der Waals surface area contributed by atoms with Crippen LogP contribution in [0.2, 0.25) is 0 Å². The summed E-state index contributed by atoms with van der Waals surface area (Å²) in [6.07, 6.45) is 4.81. The number of hydroxylamine groups is 1. The molecule has 0 fully saturated rings. The number of carbonyl (C=O) groups excluding carboxylic acids is 1. The molecule has 0 atom stereocenters. The van der Waals surface area contributed by atoms with Gasteiger partial charge in [0.05, 0.1) is 12.7 Å². The number of nitrogens with zero attached hydrogens (tertiary/aromatic N) is 4. The first-order valence-corrected chi connectivity index (χ1v) is 8.44. The molecule has 2 aromatic carbocycles. The minimum Gasteiger partial charge on any atom is -0.378 e. The molecule has 0 saturated carbocycles. The molecule has 0 saturated heterocycles. The van der Waals surface area contributed by atoms with Crippen LogP contribution in [-0.4, -0.2) is 40.2 Å². The molecular weight excluding hydrogens is 342 g/mol. The molecule has 0 aliphatic carbocycles. The van der Waals surface area contributed by atoms with Crippen LogP contribution in [-0.2, 0) is 11.3 Å². The third-order valence-electron chi connectivity index (χ3n) is 4.08. The highest BCUT2D eigenvalue weighted by molar-refractivity contribution is 5.90. The van der Waals surface area contributed by atoms with E-state index < -0.39 is 5.91 Å². The lowest BCUT2D eigenvalue weighted by molar-refractivity contribution is -0.124. The Kier molecular flexibility index (Phi) is 5.63. The zero-order valence-corrected chi connectivity index (χ0v) is 15.2. The topological polar surface area (TPSA) is 83.3 Å². The molecule has 0 radical (unpaired) electrons. The molecule has 1 aromatic heterocycles. The van der Waals surface area contributed by atoms with E-state index >= 15 is 0 Å². The summed E-state index contributed by atoms with van der Waals surface area (Å²) in [5.74, 6) is -0.562. The van der Waals surface area contributed by atoms with Gasteiger partial charge in [0.1, 0.15) is 5.69 Å². The van der Waals surface area contributed by atoms with E-state index in [0.29, 0.717) is 6.54 Å². The van der Waals surface area contributed by atoms with E-state index in [1.54, 1.807) is 16.2 Å². The average molecular weight is 363 g/mol. The van der Waals surface area contributed by atoms with E-state index in [-0.39, 0.29) is 0 Å². The number of carbonyl (C=O) groups is 1. The van der Waals surface area contributed by atoms with E-state index in [9.17, 15) is 4.79 Å². The maximum absolute atomic E-state index is 11.0. The van der Waals surface area contributed by atoms with Crippen molar-refractivity contribution >= 4 is 17.7 Å². The molecule has 27 heavy (non-hydrogen) atoms. The van der Waals surface area contributed by atoms with E-state index in [0.717, 1.165) is 28.1 Å². The van der Waals surface area contributed by atoms with Crippen LogP contribution >= 0.6 is 0 Å². The molecule has 3 aromatic rings. The largest absolute Gasteiger partial charge is 0.378 e. The normalized spacial score (nSPS) is 10.9. The Hall–Kier alpha value is -3.45. The van der Waals surface area contributed by atoms with Crippen molar-refractivity contribution in [3.8, 4) is 11.3 Å². The molecule has 0 aliphatic heterocycles. The molecule has 0 bridgehead atoms. The molecule has 2 N–H and O–H groups in total. The highest BCUT2D eigenvalue weighted by atomic mass is 16.5. The zero-order chi connectivity index (χ0) is 19.2. The predicted molar refractivity (Wildman–Crippen MR) is 104 cm³/mol. The van der Waals surface area contributed by atoms with Gasteiger partial charge in [-0.05, 0) is 29.3 Å². The smallest absolute Gasteiger partial charge is 0.267 e. The van der Waals surface area contributed by atoms with Gasteiger partial charge in [-0.25, -0.2) is 10.2 Å². The number of amides is 1. The van der Waals surface area contributed by atoms with Crippen molar-refractivity contribution in [3.63, 3.8) is 0 Å². The van der Waals surface area contributed by atoms with Crippen LogP contribution in [0.3, 0.4) is 0 Å².